The number of thioether (sulfide) groups is 1. The van der Waals surface area contributed by atoms with E-state index in [9.17, 15) is 0 Å². The Labute approximate surface area is 65.0 Å². The molecule has 4 heteroatoms. The second-order valence-corrected chi connectivity index (χ2v) is 3.45. The van der Waals surface area contributed by atoms with Crippen LogP contribution >= 0.6 is 24.0 Å². The van der Waals surface area contributed by atoms with E-state index in [0.29, 0.717) is 6.17 Å². The molecule has 1 heterocycles. The molecule has 0 spiro atoms. The van der Waals surface area contributed by atoms with Crippen LogP contribution in [0.2, 0.25) is 0 Å². The molecule has 2 nitrogen and oxygen atoms in total. The molecule has 0 unspecified atom stereocenters. The summed E-state index contributed by atoms with van der Waals surface area (Å²) in [6, 6.07) is 0. The average Bonchev–Trinajstić information content (AvgIpc) is 2.66. The fraction of sp³-hybridized carbons (Fsp3) is 0.800. The summed E-state index contributed by atoms with van der Waals surface area (Å²) in [5.41, 5.74) is 0. The SMILES string of the molecule is CSC(=S)N(C)[C@H]1CN1. The van der Waals surface area contributed by atoms with Gasteiger partial charge in [0.25, 0.3) is 0 Å². The normalized spacial score (nSPS) is 23.6. The zero-order valence-electron chi connectivity index (χ0n) is 5.55. The molecule has 0 radical (unpaired) electrons. The van der Waals surface area contributed by atoms with Crippen molar-refractivity contribution in [3.8, 4) is 0 Å². The smallest absolute Gasteiger partial charge is 0.137 e. The number of hydrogen-bond acceptors (Lipinski definition) is 3. The van der Waals surface area contributed by atoms with E-state index < -0.39 is 0 Å². The molecule has 0 aliphatic carbocycles. The van der Waals surface area contributed by atoms with E-state index in [1.165, 1.54) is 0 Å². The largest absolute Gasteiger partial charge is 0.344 e. The van der Waals surface area contributed by atoms with Gasteiger partial charge in [0.2, 0.25) is 0 Å². The molecule has 0 saturated carbocycles. The van der Waals surface area contributed by atoms with Crippen molar-refractivity contribution in [2.75, 3.05) is 19.8 Å². The first-order valence-corrected chi connectivity index (χ1v) is 4.43. The first-order chi connectivity index (χ1) is 4.25. The van der Waals surface area contributed by atoms with Gasteiger partial charge in [-0.25, -0.2) is 0 Å². The van der Waals surface area contributed by atoms with Crippen molar-refractivity contribution in [1.82, 2.24) is 10.2 Å². The summed E-state index contributed by atoms with van der Waals surface area (Å²) in [4.78, 5) is 2.08. The monoisotopic (exact) mass is 162 g/mol. The van der Waals surface area contributed by atoms with Gasteiger partial charge in [0.15, 0.2) is 0 Å². The Kier molecular flexibility index (Phi) is 2.32. The lowest BCUT2D eigenvalue weighted by atomic mass is 10.7. The summed E-state index contributed by atoms with van der Waals surface area (Å²) in [6.45, 7) is 1.08. The minimum absolute atomic E-state index is 0.518. The third-order valence-electron chi connectivity index (χ3n) is 1.32. The Morgan fingerprint density at radius 3 is 2.78 bits per heavy atom. The summed E-state index contributed by atoms with van der Waals surface area (Å²) in [5.74, 6) is 0. The van der Waals surface area contributed by atoms with Crippen molar-refractivity contribution in [3.05, 3.63) is 0 Å². The molecule has 1 fully saturated rings. The van der Waals surface area contributed by atoms with E-state index >= 15 is 0 Å². The van der Waals surface area contributed by atoms with Gasteiger partial charge in [0.05, 0.1) is 6.17 Å². The lowest BCUT2D eigenvalue weighted by molar-refractivity contribution is 0.507. The highest BCUT2D eigenvalue weighted by atomic mass is 32.2. The van der Waals surface area contributed by atoms with E-state index in [1.807, 2.05) is 13.3 Å². The molecule has 0 amide bonds. The minimum Gasteiger partial charge on any atom is -0.344 e. The Morgan fingerprint density at radius 1 is 1.89 bits per heavy atom. The summed E-state index contributed by atoms with van der Waals surface area (Å²) < 4.78 is 0.963. The van der Waals surface area contributed by atoms with Crippen molar-refractivity contribution >= 4 is 28.3 Å². The Bertz CT molecular complexity index is 122. The first-order valence-electron chi connectivity index (χ1n) is 2.80. The molecule has 0 bridgehead atoms. The van der Waals surface area contributed by atoms with Crippen LogP contribution in [0.1, 0.15) is 0 Å². The molecular weight excluding hydrogens is 152 g/mol. The molecular formula is C5H10N2S2. The summed E-state index contributed by atoms with van der Waals surface area (Å²) >= 11 is 6.66. The first kappa shape index (κ1) is 7.31. The number of nitrogens with zero attached hydrogens (tertiary/aromatic N) is 1. The van der Waals surface area contributed by atoms with Gasteiger partial charge in [-0.2, -0.15) is 0 Å². The van der Waals surface area contributed by atoms with Gasteiger partial charge in [-0.3, -0.25) is 5.32 Å². The topological polar surface area (TPSA) is 25.2 Å². The average molecular weight is 162 g/mol. The molecule has 0 aromatic rings. The third-order valence-corrected chi connectivity index (χ3v) is 2.74. The zero-order valence-corrected chi connectivity index (χ0v) is 7.18. The van der Waals surface area contributed by atoms with E-state index in [0.717, 1.165) is 10.9 Å². The van der Waals surface area contributed by atoms with Crippen LogP contribution < -0.4 is 5.32 Å². The predicted molar refractivity (Wildman–Crippen MR) is 45.7 cm³/mol. The number of rotatable bonds is 1. The van der Waals surface area contributed by atoms with E-state index in [2.05, 4.69) is 10.2 Å². The second kappa shape index (κ2) is 2.86. The van der Waals surface area contributed by atoms with Gasteiger partial charge in [-0.15, -0.1) is 11.8 Å². The lowest BCUT2D eigenvalue weighted by Gasteiger charge is -2.15. The Balaban J connectivity index is 2.30. The quantitative estimate of drug-likeness (QED) is 0.448. The van der Waals surface area contributed by atoms with Crippen LogP contribution in [0.15, 0.2) is 0 Å². The molecule has 0 aromatic carbocycles. The maximum absolute atomic E-state index is 5.04. The van der Waals surface area contributed by atoms with Crippen molar-refractivity contribution in [2.45, 2.75) is 6.17 Å². The highest BCUT2D eigenvalue weighted by molar-refractivity contribution is 8.22. The lowest BCUT2D eigenvalue weighted by Crippen LogP contribution is -2.27. The molecule has 1 aliphatic heterocycles. The van der Waals surface area contributed by atoms with E-state index in [4.69, 9.17) is 12.2 Å². The van der Waals surface area contributed by atoms with Crippen LogP contribution in [0.25, 0.3) is 0 Å². The fourth-order valence-electron chi connectivity index (χ4n) is 0.598. The maximum Gasteiger partial charge on any atom is 0.137 e. The van der Waals surface area contributed by atoms with Gasteiger partial charge in [-0.1, -0.05) is 12.2 Å². The van der Waals surface area contributed by atoms with E-state index in [-0.39, 0.29) is 0 Å². The van der Waals surface area contributed by atoms with Gasteiger partial charge >= 0.3 is 0 Å². The Hall–Kier alpha value is 0.200. The highest BCUT2D eigenvalue weighted by Crippen LogP contribution is 2.10. The minimum atomic E-state index is 0.518. The molecule has 1 N–H and O–H groups in total. The zero-order chi connectivity index (χ0) is 6.85. The van der Waals surface area contributed by atoms with E-state index in [1.54, 1.807) is 11.8 Å². The number of hydrogen-bond donors (Lipinski definition) is 1. The third kappa shape index (κ3) is 1.81. The van der Waals surface area contributed by atoms with Gasteiger partial charge in [-0.05, 0) is 6.26 Å². The van der Waals surface area contributed by atoms with Crippen LogP contribution in [-0.4, -0.2) is 35.2 Å². The maximum atomic E-state index is 5.04. The standard InChI is InChI=1S/C5H10N2S2/c1-7(4-3-6-4)5(8)9-2/h4,6H,3H2,1-2H3/t4-/m0/s1. The van der Waals surface area contributed by atoms with Crippen LogP contribution in [0.3, 0.4) is 0 Å². The summed E-state index contributed by atoms with van der Waals surface area (Å²) in [7, 11) is 2.02. The van der Waals surface area contributed by atoms with Crippen LogP contribution in [0, 0.1) is 0 Å². The molecule has 1 aliphatic rings. The van der Waals surface area contributed by atoms with Gasteiger partial charge < -0.3 is 4.90 Å². The fourth-order valence-corrected chi connectivity index (χ4v) is 1.14. The predicted octanol–water partition coefficient (Wildman–Crippen LogP) is 0.495. The van der Waals surface area contributed by atoms with Crippen molar-refractivity contribution in [1.29, 1.82) is 0 Å². The molecule has 1 rings (SSSR count). The molecule has 1 atom stereocenters. The van der Waals surface area contributed by atoms with Gasteiger partial charge in [0, 0.05) is 13.6 Å². The van der Waals surface area contributed by atoms with Crippen molar-refractivity contribution < 1.29 is 0 Å². The summed E-state index contributed by atoms with van der Waals surface area (Å²) in [6.07, 6.45) is 2.52. The van der Waals surface area contributed by atoms with Gasteiger partial charge in [0.1, 0.15) is 4.32 Å². The molecule has 0 aromatic heterocycles. The van der Waals surface area contributed by atoms with Crippen molar-refractivity contribution in [2.24, 2.45) is 0 Å². The number of thiocarbonyl (C=S) groups is 1. The van der Waals surface area contributed by atoms with Crippen LogP contribution in [-0.2, 0) is 0 Å². The molecule has 9 heavy (non-hydrogen) atoms. The number of nitrogens with one attached hydrogen (secondary N) is 1. The van der Waals surface area contributed by atoms with Crippen LogP contribution in [0.5, 0.6) is 0 Å². The second-order valence-electron chi connectivity index (χ2n) is 2.00. The molecule has 1 saturated heterocycles. The van der Waals surface area contributed by atoms with Crippen molar-refractivity contribution in [3.63, 3.8) is 0 Å². The highest BCUT2D eigenvalue weighted by Gasteiger charge is 2.26. The van der Waals surface area contributed by atoms with Crippen LogP contribution in [0.4, 0.5) is 0 Å². The molecule has 52 valence electrons. The summed E-state index contributed by atoms with van der Waals surface area (Å²) in [5, 5.41) is 3.17. The number of likely N-dealkylation sites (N-methyl/N-ethyl adjacent to an activating group) is 1. The Morgan fingerprint density at radius 2 is 2.44 bits per heavy atom.